The van der Waals surface area contributed by atoms with Crippen molar-refractivity contribution in [3.05, 3.63) is 67.1 Å². The minimum atomic E-state index is -0.536. The molecular weight excluding hydrogens is 325 g/mol. The van der Waals surface area contributed by atoms with E-state index in [-0.39, 0.29) is 18.0 Å². The lowest BCUT2D eigenvalue weighted by atomic mass is 10.2. The SMILES string of the molecule is O=[N+]([O-])c1ccc(Cl)cc1OCc1cccc(Cl)c1Cl. The molecule has 0 fully saturated rings. The van der Waals surface area contributed by atoms with Crippen molar-refractivity contribution in [1.29, 1.82) is 0 Å². The summed E-state index contributed by atoms with van der Waals surface area (Å²) in [7, 11) is 0. The Kier molecular flexibility index (Phi) is 4.70. The molecule has 0 amide bonds. The zero-order chi connectivity index (χ0) is 14.7. The highest BCUT2D eigenvalue weighted by Crippen LogP contribution is 2.32. The number of halogens is 3. The molecule has 0 unspecified atom stereocenters. The Bertz CT molecular complexity index is 661. The van der Waals surface area contributed by atoms with Gasteiger partial charge in [-0.25, -0.2) is 0 Å². The average Bonchev–Trinajstić information content (AvgIpc) is 2.40. The Morgan fingerprint density at radius 2 is 1.90 bits per heavy atom. The molecule has 0 atom stereocenters. The van der Waals surface area contributed by atoms with Crippen LogP contribution in [-0.4, -0.2) is 4.92 Å². The van der Waals surface area contributed by atoms with E-state index < -0.39 is 4.92 Å². The predicted molar refractivity (Wildman–Crippen MR) is 78.9 cm³/mol. The lowest BCUT2D eigenvalue weighted by Crippen LogP contribution is -2.00. The third-order valence-corrected chi connectivity index (χ3v) is 3.63. The predicted octanol–water partition coefficient (Wildman–Crippen LogP) is 5.13. The van der Waals surface area contributed by atoms with Crippen molar-refractivity contribution in [2.24, 2.45) is 0 Å². The van der Waals surface area contributed by atoms with Gasteiger partial charge in [-0.2, -0.15) is 0 Å². The normalized spacial score (nSPS) is 10.3. The molecule has 0 aromatic heterocycles. The maximum Gasteiger partial charge on any atom is 0.311 e. The number of benzene rings is 2. The second-order valence-electron chi connectivity index (χ2n) is 3.87. The van der Waals surface area contributed by atoms with Crippen molar-refractivity contribution in [3.63, 3.8) is 0 Å². The van der Waals surface area contributed by atoms with E-state index in [9.17, 15) is 10.1 Å². The van der Waals surface area contributed by atoms with Gasteiger partial charge in [-0.05, 0) is 12.1 Å². The monoisotopic (exact) mass is 331 g/mol. The largest absolute Gasteiger partial charge is 0.482 e. The molecule has 0 spiro atoms. The summed E-state index contributed by atoms with van der Waals surface area (Å²) in [5, 5.41) is 12.0. The molecule has 0 N–H and O–H groups in total. The molecule has 0 saturated carbocycles. The van der Waals surface area contributed by atoms with E-state index in [4.69, 9.17) is 39.5 Å². The van der Waals surface area contributed by atoms with E-state index in [0.717, 1.165) is 0 Å². The van der Waals surface area contributed by atoms with Crippen LogP contribution in [0.2, 0.25) is 15.1 Å². The van der Waals surface area contributed by atoms with Gasteiger partial charge in [0, 0.05) is 22.7 Å². The Labute approximate surface area is 130 Å². The standard InChI is InChI=1S/C13H8Cl3NO3/c14-9-4-5-11(17(18)19)12(6-9)20-7-8-2-1-3-10(15)13(8)16/h1-6H,7H2. The van der Waals surface area contributed by atoms with Crippen LogP contribution < -0.4 is 4.74 Å². The van der Waals surface area contributed by atoms with Gasteiger partial charge in [-0.15, -0.1) is 0 Å². The fraction of sp³-hybridized carbons (Fsp3) is 0.0769. The van der Waals surface area contributed by atoms with Crippen molar-refractivity contribution >= 4 is 40.5 Å². The molecule has 20 heavy (non-hydrogen) atoms. The van der Waals surface area contributed by atoms with Crippen LogP contribution in [0.15, 0.2) is 36.4 Å². The average molecular weight is 333 g/mol. The molecule has 2 rings (SSSR count). The van der Waals surface area contributed by atoms with Gasteiger partial charge in [0.05, 0.1) is 15.0 Å². The van der Waals surface area contributed by atoms with Crippen LogP contribution >= 0.6 is 34.8 Å². The molecule has 0 bridgehead atoms. The lowest BCUT2D eigenvalue weighted by molar-refractivity contribution is -0.385. The van der Waals surface area contributed by atoms with E-state index in [1.54, 1.807) is 18.2 Å². The van der Waals surface area contributed by atoms with Crippen LogP contribution in [0.1, 0.15) is 5.56 Å². The van der Waals surface area contributed by atoms with Crippen molar-refractivity contribution in [2.75, 3.05) is 0 Å². The zero-order valence-electron chi connectivity index (χ0n) is 9.98. The first-order chi connectivity index (χ1) is 9.49. The third kappa shape index (κ3) is 3.33. The van der Waals surface area contributed by atoms with Gasteiger partial charge in [0.1, 0.15) is 6.61 Å². The Morgan fingerprint density at radius 1 is 1.15 bits per heavy atom. The highest BCUT2D eigenvalue weighted by Gasteiger charge is 2.16. The summed E-state index contributed by atoms with van der Waals surface area (Å²) >= 11 is 17.7. The molecule has 104 valence electrons. The zero-order valence-corrected chi connectivity index (χ0v) is 12.2. The van der Waals surface area contributed by atoms with Crippen molar-refractivity contribution in [3.8, 4) is 5.75 Å². The molecule has 0 saturated heterocycles. The summed E-state index contributed by atoms with van der Waals surface area (Å²) in [6, 6.07) is 9.20. The number of nitro groups is 1. The third-order valence-electron chi connectivity index (χ3n) is 2.53. The quantitative estimate of drug-likeness (QED) is 0.576. The molecule has 2 aromatic rings. The number of nitrogens with zero attached hydrogens (tertiary/aromatic N) is 1. The van der Waals surface area contributed by atoms with Gasteiger partial charge < -0.3 is 4.74 Å². The first-order valence-corrected chi connectivity index (χ1v) is 6.62. The first kappa shape index (κ1) is 14.9. The van der Waals surface area contributed by atoms with Crippen LogP contribution in [0.25, 0.3) is 0 Å². The Balaban J connectivity index is 2.24. The van der Waals surface area contributed by atoms with Gasteiger partial charge in [-0.3, -0.25) is 10.1 Å². The molecule has 0 aliphatic heterocycles. The maximum absolute atomic E-state index is 10.9. The number of hydrogen-bond donors (Lipinski definition) is 0. The van der Waals surface area contributed by atoms with Gasteiger partial charge in [-0.1, -0.05) is 46.9 Å². The minimum Gasteiger partial charge on any atom is -0.482 e. The second kappa shape index (κ2) is 6.31. The van der Waals surface area contributed by atoms with E-state index >= 15 is 0 Å². The number of ether oxygens (including phenoxy) is 1. The summed E-state index contributed by atoms with van der Waals surface area (Å²) in [6.45, 7) is 0.0561. The van der Waals surface area contributed by atoms with Crippen LogP contribution in [0.4, 0.5) is 5.69 Å². The van der Waals surface area contributed by atoms with E-state index in [1.165, 1.54) is 18.2 Å². The highest BCUT2D eigenvalue weighted by atomic mass is 35.5. The molecule has 0 aliphatic rings. The summed E-state index contributed by atoms with van der Waals surface area (Å²) in [6.07, 6.45) is 0. The van der Waals surface area contributed by atoms with Crippen molar-refractivity contribution in [2.45, 2.75) is 6.61 Å². The van der Waals surface area contributed by atoms with Gasteiger partial charge in [0.25, 0.3) is 0 Å². The molecule has 4 nitrogen and oxygen atoms in total. The molecule has 0 aliphatic carbocycles. The van der Waals surface area contributed by atoms with E-state index in [0.29, 0.717) is 20.6 Å². The fourth-order valence-electron chi connectivity index (χ4n) is 1.57. The highest BCUT2D eigenvalue weighted by molar-refractivity contribution is 6.42. The molecule has 0 radical (unpaired) electrons. The molecule has 0 heterocycles. The van der Waals surface area contributed by atoms with Gasteiger partial charge in [0.15, 0.2) is 5.75 Å². The van der Waals surface area contributed by atoms with Crippen molar-refractivity contribution in [1.82, 2.24) is 0 Å². The molecule has 7 heteroatoms. The lowest BCUT2D eigenvalue weighted by Gasteiger charge is -2.09. The first-order valence-electron chi connectivity index (χ1n) is 5.48. The van der Waals surface area contributed by atoms with Crippen LogP contribution in [-0.2, 0) is 6.61 Å². The second-order valence-corrected chi connectivity index (χ2v) is 5.09. The maximum atomic E-state index is 10.9. The van der Waals surface area contributed by atoms with Crippen molar-refractivity contribution < 1.29 is 9.66 Å². The summed E-state index contributed by atoms with van der Waals surface area (Å²) in [4.78, 5) is 10.4. The Hall–Kier alpha value is -1.49. The van der Waals surface area contributed by atoms with E-state index in [2.05, 4.69) is 0 Å². The summed E-state index contributed by atoms with van der Waals surface area (Å²) < 4.78 is 5.43. The van der Waals surface area contributed by atoms with Crippen LogP contribution in [0.5, 0.6) is 5.75 Å². The Morgan fingerprint density at radius 3 is 2.60 bits per heavy atom. The van der Waals surface area contributed by atoms with Gasteiger partial charge >= 0.3 is 5.69 Å². The molecular formula is C13H8Cl3NO3. The molecule has 2 aromatic carbocycles. The number of nitro benzene ring substituents is 1. The summed E-state index contributed by atoms with van der Waals surface area (Å²) in [5.74, 6) is 0.0820. The number of hydrogen-bond acceptors (Lipinski definition) is 3. The number of rotatable bonds is 4. The smallest absolute Gasteiger partial charge is 0.311 e. The van der Waals surface area contributed by atoms with E-state index in [1.807, 2.05) is 0 Å². The van der Waals surface area contributed by atoms with Crippen LogP contribution in [0.3, 0.4) is 0 Å². The van der Waals surface area contributed by atoms with Crippen LogP contribution in [0, 0.1) is 10.1 Å². The summed E-state index contributed by atoms with van der Waals surface area (Å²) in [5.41, 5.74) is 0.473. The topological polar surface area (TPSA) is 52.4 Å². The van der Waals surface area contributed by atoms with Gasteiger partial charge in [0.2, 0.25) is 0 Å². The minimum absolute atomic E-state index is 0.0561. The fourth-order valence-corrected chi connectivity index (χ4v) is 2.11.